The van der Waals surface area contributed by atoms with E-state index in [4.69, 9.17) is 4.74 Å². The van der Waals surface area contributed by atoms with Gasteiger partial charge in [0.2, 0.25) is 31.9 Å². The number of piperidine rings is 4. The Balaban J connectivity index is 0.000000200. The first kappa shape index (κ1) is 49.8. The number of ether oxygens (including phenoxy) is 1. The van der Waals surface area contributed by atoms with Gasteiger partial charge in [0.15, 0.2) is 34.9 Å². The number of aromatic amines is 2. The fourth-order valence-corrected chi connectivity index (χ4v) is 13.0. The number of aliphatic hydroxyl groups is 1. The fraction of sp³-hybridized carbons (Fsp3) is 0.643. The lowest BCUT2D eigenvalue weighted by atomic mass is 9.83. The highest BCUT2D eigenvalue weighted by Crippen LogP contribution is 2.40. The van der Waals surface area contributed by atoms with E-state index in [9.17, 15) is 31.1 Å². The molecule has 8 rings (SSSR count). The molecule has 368 valence electrons. The summed E-state index contributed by atoms with van der Waals surface area (Å²) < 4.78 is 89.2. The van der Waals surface area contributed by atoms with E-state index in [1.54, 1.807) is 34.6 Å². The van der Waals surface area contributed by atoms with Gasteiger partial charge in [-0.1, -0.05) is 12.8 Å². The molecule has 0 amide bonds. The van der Waals surface area contributed by atoms with E-state index in [-0.39, 0.29) is 89.3 Å². The number of halogens is 2. The minimum atomic E-state index is -3.30. The lowest BCUT2D eigenvalue weighted by molar-refractivity contribution is -0.142. The number of anilines is 6. The fourth-order valence-electron chi connectivity index (χ4n) is 9.80. The molecule has 4 saturated heterocycles. The van der Waals surface area contributed by atoms with E-state index in [0.29, 0.717) is 37.3 Å². The van der Waals surface area contributed by atoms with Crippen molar-refractivity contribution in [3.63, 3.8) is 0 Å². The normalized spacial score (nSPS) is 23.2. The predicted octanol–water partition coefficient (Wildman–Crippen LogP) is 4.68. The third-order valence-electron chi connectivity index (χ3n) is 13.1. The van der Waals surface area contributed by atoms with Crippen molar-refractivity contribution in [3.8, 4) is 0 Å². The largest absolute Gasteiger partial charge is 0.459 e. The first-order valence-electron chi connectivity index (χ1n) is 22.7. The summed E-state index contributed by atoms with van der Waals surface area (Å²) in [7, 11) is -2.90. The SMILES string of the molecule is CCS(=O)(=O)N1[C@@H]2CCC[C@H]1CC(N(C)c1nc(CO)c(F)c(Nc3cc(C)[nH]n3)n1)C2.CCS(=O)(=O)N1[C@@H]2CCC[C@H]1CC(N(C)c1nc(COC(C)=O)c(F)c(Nc3cc(C)[nH]n3)n1)C2. The highest BCUT2D eigenvalue weighted by molar-refractivity contribution is 7.89. The van der Waals surface area contributed by atoms with E-state index in [2.05, 4.69) is 51.0 Å². The van der Waals surface area contributed by atoms with Crippen molar-refractivity contribution >= 4 is 61.2 Å². The molecular weight excluding hydrogens is 915 g/mol. The lowest BCUT2D eigenvalue weighted by Gasteiger charge is -2.49. The number of nitrogens with one attached hydrogen (secondary N) is 4. The number of hydrogen-bond acceptors (Lipinski definition) is 17. The Morgan fingerprint density at radius 3 is 1.46 bits per heavy atom. The van der Waals surface area contributed by atoms with Gasteiger partial charge in [-0.05, 0) is 79.1 Å². The molecule has 0 aromatic carbocycles. The Labute approximate surface area is 390 Å². The number of esters is 1. The maximum Gasteiger partial charge on any atom is 0.303 e. The first-order valence-corrected chi connectivity index (χ1v) is 26.0. The molecule has 21 nitrogen and oxygen atoms in total. The Morgan fingerprint density at radius 1 is 0.731 bits per heavy atom. The van der Waals surface area contributed by atoms with Crippen LogP contribution in [0.2, 0.25) is 0 Å². The average Bonchev–Trinajstić information content (AvgIpc) is 3.91. The second kappa shape index (κ2) is 20.6. The molecule has 4 aromatic heterocycles. The number of sulfonamides is 2. The summed E-state index contributed by atoms with van der Waals surface area (Å²) >= 11 is 0. The van der Waals surface area contributed by atoms with Crippen LogP contribution in [0.5, 0.6) is 0 Å². The maximum atomic E-state index is 15.2. The standard InChI is InChI=1S/C22H32FN7O4S.C20H30FN7O3S/c1-5-35(32,33)30-15-7-6-8-16(30)11-17(10-15)29(4)22-24-18(12-34-14(3)31)20(23)21(26-22)25-19-9-13(2)27-28-19;1-4-32(30,31)28-13-6-5-7-14(28)10-15(9-13)27(3)20-22-16(11-29)18(21)19(24-20)23-17-8-12(2)25-26-17/h9,15-17H,5-8,10-12H2,1-4H3,(H2,24,25,26,27,28);8,13-15,29H,4-7,9-11H2,1-3H3,(H2,22,23,24,25,26)/t15-,16+,17?;13-,14+,15?. The van der Waals surface area contributed by atoms with Crippen LogP contribution in [-0.4, -0.2) is 139 Å². The zero-order valence-corrected chi connectivity index (χ0v) is 40.6. The zero-order valence-electron chi connectivity index (χ0n) is 39.0. The lowest BCUT2D eigenvalue weighted by Crippen LogP contribution is -2.58. The van der Waals surface area contributed by atoms with Crippen LogP contribution in [-0.2, 0) is 42.8 Å². The second-order valence-corrected chi connectivity index (χ2v) is 22.1. The number of aryl methyl sites for hydroxylation is 2. The van der Waals surface area contributed by atoms with Crippen molar-refractivity contribution in [3.05, 3.63) is 46.5 Å². The summed E-state index contributed by atoms with van der Waals surface area (Å²) in [6.45, 7) is 7.35. The Morgan fingerprint density at radius 2 is 1.12 bits per heavy atom. The molecule has 0 radical (unpaired) electrons. The summed E-state index contributed by atoms with van der Waals surface area (Å²) in [5.74, 6) is -0.636. The molecule has 0 aliphatic carbocycles. The van der Waals surface area contributed by atoms with Crippen molar-refractivity contribution < 1.29 is 40.3 Å². The number of nitrogens with zero attached hydrogens (tertiary/aromatic N) is 10. The summed E-state index contributed by atoms with van der Waals surface area (Å²) in [5.41, 5.74) is 1.43. The molecule has 4 aliphatic heterocycles. The summed E-state index contributed by atoms with van der Waals surface area (Å²) in [5, 5.41) is 29.0. The summed E-state index contributed by atoms with van der Waals surface area (Å²) in [6.07, 6.45) is 7.88. The number of H-pyrrole nitrogens is 2. The van der Waals surface area contributed by atoms with Gasteiger partial charge in [-0.25, -0.2) is 35.6 Å². The minimum Gasteiger partial charge on any atom is -0.459 e. The molecule has 25 heteroatoms. The molecule has 4 fully saturated rings. The van der Waals surface area contributed by atoms with Crippen LogP contribution < -0.4 is 20.4 Å². The number of carbonyl (C=O) groups is 1. The Kier molecular flexibility index (Phi) is 15.3. The molecule has 4 bridgehead atoms. The molecule has 67 heavy (non-hydrogen) atoms. The predicted molar refractivity (Wildman–Crippen MR) is 247 cm³/mol. The molecule has 6 atom stereocenters. The quantitative estimate of drug-likeness (QED) is 0.101. The monoisotopic (exact) mass is 976 g/mol. The van der Waals surface area contributed by atoms with Gasteiger partial charge in [-0.2, -0.15) is 28.8 Å². The molecule has 0 saturated carbocycles. The molecular formula is C42H62F2N14O7S2. The topological polar surface area (TPSA) is 261 Å². The van der Waals surface area contributed by atoms with Crippen LogP contribution in [0.25, 0.3) is 0 Å². The van der Waals surface area contributed by atoms with Crippen molar-refractivity contribution in [1.82, 2.24) is 48.9 Å². The van der Waals surface area contributed by atoms with Crippen LogP contribution >= 0.6 is 0 Å². The van der Waals surface area contributed by atoms with Gasteiger partial charge >= 0.3 is 5.97 Å². The molecule has 4 aromatic rings. The van der Waals surface area contributed by atoms with Crippen LogP contribution in [0, 0.1) is 25.5 Å². The smallest absolute Gasteiger partial charge is 0.303 e. The van der Waals surface area contributed by atoms with Crippen LogP contribution in [0.4, 0.5) is 43.9 Å². The van der Waals surface area contributed by atoms with Gasteiger partial charge < -0.3 is 30.3 Å². The molecule has 5 N–H and O–H groups in total. The minimum absolute atomic E-state index is 0.00564. The molecule has 2 unspecified atom stereocenters. The van der Waals surface area contributed by atoms with Crippen molar-refractivity contribution in [2.75, 3.05) is 46.0 Å². The number of fused-ring (bicyclic) bond motifs is 4. The summed E-state index contributed by atoms with van der Waals surface area (Å²) in [6, 6.07) is 3.14. The first-order chi connectivity index (χ1) is 31.8. The van der Waals surface area contributed by atoms with E-state index >= 15 is 4.39 Å². The van der Waals surface area contributed by atoms with Crippen molar-refractivity contribution in [2.45, 2.75) is 148 Å². The summed E-state index contributed by atoms with van der Waals surface area (Å²) in [4.78, 5) is 32.5. The third kappa shape index (κ3) is 11.1. The Hall–Kier alpha value is -5.11. The van der Waals surface area contributed by atoms with Crippen LogP contribution in [0.3, 0.4) is 0 Å². The van der Waals surface area contributed by atoms with Gasteiger partial charge in [0.05, 0.1) is 18.1 Å². The van der Waals surface area contributed by atoms with E-state index in [0.717, 1.165) is 49.9 Å². The van der Waals surface area contributed by atoms with Crippen molar-refractivity contribution in [1.29, 1.82) is 0 Å². The van der Waals surface area contributed by atoms with Gasteiger partial charge in [0.1, 0.15) is 18.0 Å². The molecule has 0 spiro atoms. The zero-order chi connectivity index (χ0) is 48.4. The third-order valence-corrected chi connectivity index (χ3v) is 17.1. The van der Waals surface area contributed by atoms with Crippen molar-refractivity contribution in [2.24, 2.45) is 0 Å². The molecule has 4 aliphatic rings. The van der Waals surface area contributed by atoms with Crippen LogP contribution in [0.1, 0.15) is 108 Å². The van der Waals surface area contributed by atoms with Crippen LogP contribution in [0.15, 0.2) is 12.1 Å². The van der Waals surface area contributed by atoms with Gasteiger partial charge in [0.25, 0.3) is 0 Å². The Bertz CT molecular complexity index is 2590. The second-order valence-electron chi connectivity index (χ2n) is 17.7. The van der Waals surface area contributed by atoms with Gasteiger partial charge in [-0.3, -0.25) is 15.0 Å². The van der Waals surface area contributed by atoms with E-state index in [1.807, 2.05) is 37.7 Å². The highest BCUT2D eigenvalue weighted by Gasteiger charge is 2.46. The van der Waals surface area contributed by atoms with Gasteiger partial charge in [-0.15, -0.1) is 0 Å². The molecule has 8 heterocycles. The number of carbonyl (C=O) groups excluding carboxylic acids is 1. The number of rotatable bonds is 15. The number of aromatic nitrogens is 8. The van der Waals surface area contributed by atoms with E-state index in [1.165, 1.54) is 6.92 Å². The highest BCUT2D eigenvalue weighted by atomic mass is 32.2. The maximum absolute atomic E-state index is 15.2. The average molecular weight is 977 g/mol. The van der Waals surface area contributed by atoms with Gasteiger partial charge in [0, 0.05) is 80.8 Å². The number of aliphatic hydroxyl groups excluding tert-OH is 1. The number of hydrogen-bond donors (Lipinski definition) is 5. The van der Waals surface area contributed by atoms with E-state index < -0.39 is 44.3 Å².